The predicted octanol–water partition coefficient (Wildman–Crippen LogP) is 3.19. The number of anilines is 1. The van der Waals surface area contributed by atoms with Crippen molar-refractivity contribution in [3.63, 3.8) is 0 Å². The third kappa shape index (κ3) is 3.91. The standard InChI is InChI=1S/C16H15ClFN5OS/c1-16(4-5-25-15(19)23-16)10-6-9(2-3-11(10)18)22-14(24)12-7-21-13(17)8-20-12/h2-3,6-8H,4-5H2,1H3,(H2,19,23)(H,22,24)/t16-/m0/s1. The van der Waals surface area contributed by atoms with Crippen molar-refractivity contribution < 1.29 is 9.18 Å². The summed E-state index contributed by atoms with van der Waals surface area (Å²) in [7, 11) is 0. The van der Waals surface area contributed by atoms with Crippen molar-refractivity contribution in [2.45, 2.75) is 18.9 Å². The molecule has 130 valence electrons. The molecule has 3 N–H and O–H groups in total. The van der Waals surface area contributed by atoms with Gasteiger partial charge >= 0.3 is 0 Å². The highest BCUT2D eigenvalue weighted by molar-refractivity contribution is 8.13. The summed E-state index contributed by atoms with van der Waals surface area (Å²) in [5.74, 6) is -0.105. The van der Waals surface area contributed by atoms with Gasteiger partial charge in [0.1, 0.15) is 16.7 Å². The number of hydrogen-bond donors (Lipinski definition) is 2. The zero-order valence-corrected chi connectivity index (χ0v) is 14.9. The lowest BCUT2D eigenvalue weighted by molar-refractivity contribution is 0.102. The van der Waals surface area contributed by atoms with Gasteiger partial charge in [0, 0.05) is 17.0 Å². The van der Waals surface area contributed by atoms with Crippen molar-refractivity contribution in [2.24, 2.45) is 10.7 Å². The van der Waals surface area contributed by atoms with E-state index in [2.05, 4.69) is 20.3 Å². The van der Waals surface area contributed by atoms with E-state index in [1.807, 2.05) is 6.92 Å². The minimum Gasteiger partial charge on any atom is -0.379 e. The summed E-state index contributed by atoms with van der Waals surface area (Å²) in [6.07, 6.45) is 3.20. The molecule has 1 aliphatic rings. The van der Waals surface area contributed by atoms with Crippen LogP contribution in [0.25, 0.3) is 0 Å². The Morgan fingerprint density at radius 2 is 2.20 bits per heavy atom. The molecule has 0 unspecified atom stereocenters. The molecular weight excluding hydrogens is 365 g/mol. The van der Waals surface area contributed by atoms with Gasteiger partial charge in [-0.3, -0.25) is 9.79 Å². The average molecular weight is 380 g/mol. The van der Waals surface area contributed by atoms with E-state index in [-0.39, 0.29) is 10.8 Å². The Morgan fingerprint density at radius 1 is 1.40 bits per heavy atom. The van der Waals surface area contributed by atoms with Gasteiger partial charge in [0.25, 0.3) is 5.91 Å². The van der Waals surface area contributed by atoms with Gasteiger partial charge in [-0.2, -0.15) is 0 Å². The van der Waals surface area contributed by atoms with Gasteiger partial charge in [-0.25, -0.2) is 14.4 Å². The van der Waals surface area contributed by atoms with Crippen LogP contribution in [0.1, 0.15) is 29.4 Å². The molecule has 2 aromatic rings. The fourth-order valence-electron chi connectivity index (χ4n) is 2.52. The van der Waals surface area contributed by atoms with Crippen molar-refractivity contribution >= 4 is 40.1 Å². The number of amidine groups is 1. The molecule has 1 aromatic heterocycles. The van der Waals surface area contributed by atoms with E-state index < -0.39 is 17.3 Å². The molecular formula is C16H15ClFN5OS. The molecule has 0 spiro atoms. The number of carbonyl (C=O) groups excluding carboxylic acids is 1. The van der Waals surface area contributed by atoms with Gasteiger partial charge in [-0.1, -0.05) is 23.4 Å². The molecule has 1 aliphatic heterocycles. The minimum absolute atomic E-state index is 0.109. The first-order valence-electron chi connectivity index (χ1n) is 7.44. The third-order valence-electron chi connectivity index (χ3n) is 3.85. The Morgan fingerprint density at radius 3 is 2.88 bits per heavy atom. The number of nitrogens with two attached hydrogens (primary N) is 1. The Kier molecular flexibility index (Phi) is 4.91. The smallest absolute Gasteiger partial charge is 0.275 e. The van der Waals surface area contributed by atoms with Crippen LogP contribution in [0.4, 0.5) is 10.1 Å². The van der Waals surface area contributed by atoms with Crippen LogP contribution in [-0.4, -0.2) is 26.8 Å². The summed E-state index contributed by atoms with van der Waals surface area (Å²) in [5.41, 5.74) is 5.97. The topological polar surface area (TPSA) is 93.3 Å². The van der Waals surface area contributed by atoms with Gasteiger partial charge in [0.05, 0.1) is 17.9 Å². The number of nitrogens with one attached hydrogen (secondary N) is 1. The number of aromatic nitrogens is 2. The second-order valence-corrected chi connectivity index (χ2v) is 7.20. The summed E-state index contributed by atoms with van der Waals surface area (Å²) in [5, 5.41) is 3.30. The van der Waals surface area contributed by atoms with Crippen LogP contribution >= 0.6 is 23.4 Å². The number of rotatable bonds is 3. The largest absolute Gasteiger partial charge is 0.379 e. The molecule has 0 radical (unpaired) electrons. The van der Waals surface area contributed by atoms with Crippen molar-refractivity contribution in [3.8, 4) is 0 Å². The first-order chi connectivity index (χ1) is 11.9. The number of amides is 1. The van der Waals surface area contributed by atoms with Crippen LogP contribution in [0.3, 0.4) is 0 Å². The quantitative estimate of drug-likeness (QED) is 0.854. The molecule has 3 rings (SSSR count). The lowest BCUT2D eigenvalue weighted by Gasteiger charge is -2.30. The lowest BCUT2D eigenvalue weighted by Crippen LogP contribution is -2.29. The molecule has 2 heterocycles. The normalized spacial score (nSPS) is 20.0. The molecule has 25 heavy (non-hydrogen) atoms. The number of nitrogens with zero attached hydrogens (tertiary/aromatic N) is 3. The molecule has 6 nitrogen and oxygen atoms in total. The van der Waals surface area contributed by atoms with E-state index in [1.165, 1.54) is 36.3 Å². The highest BCUT2D eigenvalue weighted by Gasteiger charge is 2.32. The maximum absolute atomic E-state index is 14.4. The summed E-state index contributed by atoms with van der Waals surface area (Å²) in [4.78, 5) is 24.3. The second kappa shape index (κ2) is 6.97. The van der Waals surface area contributed by atoms with Gasteiger partial charge in [0.2, 0.25) is 0 Å². The Bertz CT molecular complexity index is 845. The molecule has 1 atom stereocenters. The Balaban J connectivity index is 1.88. The number of thioether (sulfide) groups is 1. The van der Waals surface area contributed by atoms with Crippen LogP contribution in [0.5, 0.6) is 0 Å². The number of hydrogen-bond acceptors (Lipinski definition) is 6. The molecule has 1 amide bonds. The number of halogens is 2. The summed E-state index contributed by atoms with van der Waals surface area (Å²) in [6.45, 7) is 1.83. The molecule has 0 saturated carbocycles. The van der Waals surface area contributed by atoms with E-state index in [4.69, 9.17) is 17.3 Å². The molecule has 0 fully saturated rings. The van der Waals surface area contributed by atoms with Crippen LogP contribution < -0.4 is 11.1 Å². The zero-order chi connectivity index (χ0) is 18.0. The van der Waals surface area contributed by atoms with E-state index in [0.717, 1.165) is 5.75 Å². The van der Waals surface area contributed by atoms with Gasteiger partial charge in [-0.15, -0.1) is 0 Å². The van der Waals surface area contributed by atoms with Crippen molar-refractivity contribution in [3.05, 3.63) is 52.8 Å². The average Bonchev–Trinajstić information content (AvgIpc) is 2.57. The van der Waals surface area contributed by atoms with E-state index in [0.29, 0.717) is 22.8 Å². The van der Waals surface area contributed by atoms with Gasteiger partial charge in [0.15, 0.2) is 5.17 Å². The maximum atomic E-state index is 14.4. The fourth-order valence-corrected chi connectivity index (χ4v) is 3.59. The number of carbonyl (C=O) groups is 1. The Hall–Kier alpha value is -2.19. The van der Waals surface area contributed by atoms with Crippen molar-refractivity contribution in [1.82, 2.24) is 9.97 Å². The summed E-state index contributed by atoms with van der Waals surface area (Å²) >= 11 is 7.10. The molecule has 0 bridgehead atoms. The first kappa shape index (κ1) is 17.6. The van der Waals surface area contributed by atoms with Crippen molar-refractivity contribution in [1.29, 1.82) is 0 Å². The number of benzene rings is 1. The van der Waals surface area contributed by atoms with E-state index in [9.17, 15) is 9.18 Å². The van der Waals surface area contributed by atoms with E-state index in [1.54, 1.807) is 6.07 Å². The summed E-state index contributed by atoms with van der Waals surface area (Å²) < 4.78 is 14.4. The van der Waals surface area contributed by atoms with Crippen LogP contribution in [0.2, 0.25) is 5.15 Å². The van der Waals surface area contributed by atoms with Gasteiger partial charge < -0.3 is 11.1 Å². The van der Waals surface area contributed by atoms with Crippen LogP contribution in [0, 0.1) is 5.82 Å². The SMILES string of the molecule is C[C@@]1(c2cc(NC(=O)c3cnc(Cl)cn3)ccc2F)CCSC(N)=N1. The van der Waals surface area contributed by atoms with Gasteiger partial charge in [-0.05, 0) is 31.5 Å². The van der Waals surface area contributed by atoms with Crippen LogP contribution in [-0.2, 0) is 5.54 Å². The van der Waals surface area contributed by atoms with Crippen LogP contribution in [0.15, 0.2) is 35.6 Å². The molecule has 1 aromatic carbocycles. The zero-order valence-electron chi connectivity index (χ0n) is 13.3. The highest BCUT2D eigenvalue weighted by Crippen LogP contribution is 2.37. The fraction of sp³-hybridized carbons (Fsp3) is 0.250. The lowest BCUT2D eigenvalue weighted by atomic mass is 9.89. The molecule has 0 aliphatic carbocycles. The number of aliphatic imine (C=N–C) groups is 1. The second-order valence-electron chi connectivity index (χ2n) is 5.70. The third-order valence-corrected chi connectivity index (χ3v) is 4.84. The first-order valence-corrected chi connectivity index (χ1v) is 8.81. The maximum Gasteiger partial charge on any atom is 0.275 e. The Labute approximate surface area is 153 Å². The van der Waals surface area contributed by atoms with Crippen molar-refractivity contribution in [2.75, 3.05) is 11.1 Å². The van der Waals surface area contributed by atoms with E-state index >= 15 is 0 Å². The molecule has 0 saturated heterocycles. The minimum atomic E-state index is -0.764. The highest BCUT2D eigenvalue weighted by atomic mass is 35.5. The predicted molar refractivity (Wildman–Crippen MR) is 97.4 cm³/mol. The molecule has 9 heteroatoms. The monoisotopic (exact) mass is 379 g/mol. The summed E-state index contributed by atoms with van der Waals surface area (Å²) in [6, 6.07) is 4.36.